The van der Waals surface area contributed by atoms with E-state index in [1.54, 1.807) is 23.7 Å². The van der Waals surface area contributed by atoms with Gasteiger partial charge in [0.05, 0.1) is 34.6 Å². The van der Waals surface area contributed by atoms with E-state index in [4.69, 9.17) is 15.3 Å². The predicted molar refractivity (Wildman–Crippen MR) is 145 cm³/mol. The molecule has 0 saturated carbocycles. The summed E-state index contributed by atoms with van der Waals surface area (Å²) in [7, 11) is 1.36. The van der Waals surface area contributed by atoms with Crippen LogP contribution in [-0.4, -0.2) is 41.3 Å². The smallest absolute Gasteiger partial charge is 0.330 e. The number of thiophene rings is 1. The zero-order valence-corrected chi connectivity index (χ0v) is 22.7. The van der Waals surface area contributed by atoms with Gasteiger partial charge in [-0.3, -0.25) is 9.99 Å². The molecule has 0 aliphatic rings. The van der Waals surface area contributed by atoms with E-state index < -0.39 is 12.0 Å². The van der Waals surface area contributed by atoms with Gasteiger partial charge in [-0.05, 0) is 74.7 Å². The molecule has 0 unspecified atom stereocenters. The third kappa shape index (κ3) is 8.65. The molecule has 0 bridgehead atoms. The number of carbonyl (C=O) groups excluding carboxylic acids is 1. The molecule has 3 aromatic rings. The normalized spacial score (nSPS) is 12.8. The van der Waals surface area contributed by atoms with Crippen LogP contribution < -0.4 is 21.0 Å². The van der Waals surface area contributed by atoms with E-state index >= 15 is 0 Å². The number of hydrogen-bond donors (Lipinski definition) is 3. The third-order valence-electron chi connectivity index (χ3n) is 4.91. The predicted octanol–water partition coefficient (Wildman–Crippen LogP) is 3.63. The monoisotopic (exact) mass is 528 g/mol. The number of ether oxygens (including phenoxy) is 2. The van der Waals surface area contributed by atoms with Crippen molar-refractivity contribution >= 4 is 29.3 Å². The minimum absolute atomic E-state index is 0.281. The first-order chi connectivity index (χ1) is 17.1. The maximum absolute atomic E-state index is 12.5. The Labute approximate surface area is 220 Å². The van der Waals surface area contributed by atoms with E-state index in [0.29, 0.717) is 13.0 Å². The van der Waals surface area contributed by atoms with Gasteiger partial charge < -0.3 is 15.2 Å². The van der Waals surface area contributed by atoms with Crippen molar-refractivity contribution < 1.29 is 20.0 Å². The van der Waals surface area contributed by atoms with Crippen LogP contribution in [0.1, 0.15) is 26.3 Å². The molecule has 1 atom stereocenters. The second kappa shape index (κ2) is 12.9. The Hall–Kier alpha value is -2.89. The molecule has 192 valence electrons. The van der Waals surface area contributed by atoms with E-state index in [1.807, 2.05) is 63.2 Å². The lowest BCUT2D eigenvalue weighted by Gasteiger charge is -2.24. The van der Waals surface area contributed by atoms with Crippen LogP contribution in [0.25, 0.3) is 10.6 Å². The molecule has 0 radical (unpaired) electrons. The molecule has 0 aliphatic heterocycles. The molecule has 3 rings (SSSR count). The van der Waals surface area contributed by atoms with Crippen molar-refractivity contribution in [3.05, 3.63) is 78.3 Å². The van der Waals surface area contributed by atoms with Crippen LogP contribution >= 0.6 is 23.3 Å². The number of esters is 1. The maximum atomic E-state index is 12.5. The Balaban J connectivity index is 1.56. The van der Waals surface area contributed by atoms with Gasteiger partial charge in [0.2, 0.25) is 0 Å². The highest BCUT2D eigenvalue weighted by molar-refractivity contribution is 7.99. The zero-order chi connectivity index (χ0) is 26.1. The van der Waals surface area contributed by atoms with Crippen LogP contribution in [-0.2, 0) is 16.0 Å². The molecule has 8 nitrogen and oxygen atoms in total. The van der Waals surface area contributed by atoms with Gasteiger partial charge in [-0.25, -0.2) is 15.4 Å². The third-order valence-corrected chi connectivity index (χ3v) is 6.94. The lowest BCUT2D eigenvalue weighted by molar-refractivity contribution is -0.305. The molecule has 2 aromatic heterocycles. The molecule has 1 aromatic carbocycles. The highest BCUT2D eigenvalue weighted by Gasteiger charge is 2.24. The van der Waals surface area contributed by atoms with Crippen molar-refractivity contribution in [1.82, 2.24) is 14.7 Å². The summed E-state index contributed by atoms with van der Waals surface area (Å²) in [5, 5.41) is 1.37. The number of pyridine rings is 1. The number of methoxy groups -OCH3 is 1. The number of benzene rings is 1. The minimum atomic E-state index is -0.688. The SMILES string of the molecule is COC(=O)[C@H](Cc1ccc(OC(C)(C)C)cc1)N(N)/C=C(\[NH3+])CNSc1ccc(-c2ccccn2)s1. The Morgan fingerprint density at radius 3 is 2.61 bits per heavy atom. The van der Waals surface area contributed by atoms with E-state index in [-0.39, 0.29) is 5.60 Å². The summed E-state index contributed by atoms with van der Waals surface area (Å²) in [6.45, 7) is 6.48. The zero-order valence-electron chi connectivity index (χ0n) is 21.1. The number of nitrogens with zero attached hydrogens (tertiary/aromatic N) is 2. The fourth-order valence-corrected chi connectivity index (χ4v) is 5.15. The molecule has 2 heterocycles. The summed E-state index contributed by atoms with van der Waals surface area (Å²) in [6.07, 6.45) is 3.84. The van der Waals surface area contributed by atoms with Crippen LogP contribution in [0.15, 0.2) is 76.9 Å². The molecular weight excluding hydrogens is 494 g/mol. The van der Waals surface area contributed by atoms with Gasteiger partial charge in [0.25, 0.3) is 0 Å². The molecule has 0 fully saturated rings. The number of rotatable bonds is 11. The summed E-state index contributed by atoms with van der Waals surface area (Å²) in [5.41, 5.74) is 6.42. The second-order valence-electron chi connectivity index (χ2n) is 9.09. The molecule has 10 heteroatoms. The lowest BCUT2D eigenvalue weighted by Crippen LogP contribution is -2.54. The standard InChI is InChI=1S/C26H33N5O3S2/c1-26(2,3)34-20-10-8-18(9-11-20)15-22(25(32)33-4)31(28)17-19(27)16-30-36-24-13-12-23(35-24)21-7-5-6-14-29-21/h5-14,17,22,30H,15-16,27-28H2,1-4H3/p+1/b19-17-/t22-/m0/s1. The fourth-order valence-electron chi connectivity index (χ4n) is 3.28. The summed E-state index contributed by atoms with van der Waals surface area (Å²) < 4.78 is 15.3. The van der Waals surface area contributed by atoms with Crippen molar-refractivity contribution in [3.8, 4) is 16.3 Å². The van der Waals surface area contributed by atoms with Gasteiger partial charge in [0.1, 0.15) is 23.1 Å². The number of hydrogen-bond acceptors (Lipinski definition) is 9. The van der Waals surface area contributed by atoms with Gasteiger partial charge in [-0.1, -0.05) is 18.2 Å². The topological polar surface area (TPSA) is 117 Å². The van der Waals surface area contributed by atoms with Crippen LogP contribution in [0.4, 0.5) is 0 Å². The summed E-state index contributed by atoms with van der Waals surface area (Å²) in [4.78, 5) is 18.0. The average molecular weight is 529 g/mol. The van der Waals surface area contributed by atoms with E-state index in [1.165, 1.54) is 24.1 Å². The van der Waals surface area contributed by atoms with Crippen LogP contribution in [0.3, 0.4) is 0 Å². The molecule has 0 saturated heterocycles. The maximum Gasteiger partial charge on any atom is 0.330 e. The summed E-state index contributed by atoms with van der Waals surface area (Å²) in [6, 6.07) is 16.9. The van der Waals surface area contributed by atoms with Gasteiger partial charge in [0, 0.05) is 12.6 Å². The lowest BCUT2D eigenvalue weighted by atomic mass is 10.1. The molecule has 0 aliphatic carbocycles. The van der Waals surface area contributed by atoms with Crippen molar-refractivity contribution in [3.63, 3.8) is 0 Å². The van der Waals surface area contributed by atoms with Gasteiger partial charge in [0.15, 0.2) is 0 Å². The van der Waals surface area contributed by atoms with Crippen LogP contribution in [0.2, 0.25) is 0 Å². The van der Waals surface area contributed by atoms with Crippen LogP contribution in [0.5, 0.6) is 5.75 Å². The van der Waals surface area contributed by atoms with Gasteiger partial charge >= 0.3 is 5.97 Å². The Bertz CT molecular complexity index is 1140. The van der Waals surface area contributed by atoms with Crippen molar-refractivity contribution in [2.45, 2.75) is 43.0 Å². The Morgan fingerprint density at radius 2 is 1.97 bits per heavy atom. The molecule has 36 heavy (non-hydrogen) atoms. The van der Waals surface area contributed by atoms with Gasteiger partial charge in [-0.2, -0.15) is 0 Å². The fraction of sp³-hybridized carbons (Fsp3) is 0.308. The second-order valence-corrected chi connectivity index (χ2v) is 11.4. The molecule has 0 amide bonds. The molecular formula is C26H34N5O3S2+. The molecule has 6 N–H and O–H groups in total. The Morgan fingerprint density at radius 1 is 1.22 bits per heavy atom. The van der Waals surface area contributed by atoms with E-state index in [2.05, 4.69) is 27.6 Å². The highest BCUT2D eigenvalue weighted by Crippen LogP contribution is 2.31. The average Bonchev–Trinajstić information content (AvgIpc) is 3.31. The largest absolute Gasteiger partial charge is 0.488 e. The van der Waals surface area contributed by atoms with Crippen molar-refractivity contribution in [2.24, 2.45) is 5.84 Å². The number of quaternary nitrogens is 1. The van der Waals surface area contributed by atoms with Crippen LogP contribution in [0, 0.1) is 0 Å². The number of nitrogens with one attached hydrogen (secondary N) is 1. The summed E-state index contributed by atoms with van der Waals surface area (Å²) >= 11 is 3.18. The number of nitrogens with two attached hydrogens (primary N) is 1. The van der Waals surface area contributed by atoms with Crippen molar-refractivity contribution in [1.29, 1.82) is 0 Å². The Kier molecular flexibility index (Phi) is 9.91. The van der Waals surface area contributed by atoms with Crippen molar-refractivity contribution in [2.75, 3.05) is 13.7 Å². The number of carbonyl (C=O) groups is 1. The number of hydrazine groups is 1. The summed E-state index contributed by atoms with van der Waals surface area (Å²) in [5.74, 6) is 6.61. The highest BCUT2D eigenvalue weighted by atomic mass is 32.2. The first kappa shape index (κ1) is 27.7. The van der Waals surface area contributed by atoms with E-state index in [0.717, 1.165) is 31.8 Å². The first-order valence-electron chi connectivity index (χ1n) is 11.5. The van der Waals surface area contributed by atoms with E-state index in [9.17, 15) is 4.79 Å². The molecule has 0 spiro atoms. The first-order valence-corrected chi connectivity index (χ1v) is 13.1. The number of aromatic nitrogens is 1. The van der Waals surface area contributed by atoms with Gasteiger partial charge in [-0.15, -0.1) is 11.3 Å². The quantitative estimate of drug-likeness (QED) is 0.150. The minimum Gasteiger partial charge on any atom is -0.488 e.